The first-order valence-corrected chi connectivity index (χ1v) is 7.69. The van der Waals surface area contributed by atoms with Gasteiger partial charge in [-0.15, -0.1) is 0 Å². The second-order valence-electron chi connectivity index (χ2n) is 5.35. The van der Waals surface area contributed by atoms with Crippen LogP contribution in [0, 0.1) is 17.0 Å². The van der Waals surface area contributed by atoms with E-state index in [0.29, 0.717) is 22.5 Å². The summed E-state index contributed by atoms with van der Waals surface area (Å²) in [6.07, 6.45) is -0.113. The van der Waals surface area contributed by atoms with Gasteiger partial charge in [0.25, 0.3) is 5.69 Å². The first kappa shape index (κ1) is 18.2. The summed E-state index contributed by atoms with van der Waals surface area (Å²) in [6.45, 7) is 3.81. The molecule has 0 saturated heterocycles. The summed E-state index contributed by atoms with van der Waals surface area (Å²) in [4.78, 5) is 33.3. The highest BCUT2D eigenvalue weighted by molar-refractivity contribution is 5.92. The number of aliphatic carboxylic acids is 1. The Morgan fingerprint density at radius 2 is 1.92 bits per heavy atom. The van der Waals surface area contributed by atoms with Crippen LogP contribution in [0.2, 0.25) is 0 Å². The van der Waals surface area contributed by atoms with Gasteiger partial charge in [0.1, 0.15) is 0 Å². The molecule has 0 aliphatic carbocycles. The predicted octanol–water partition coefficient (Wildman–Crippen LogP) is 3.02. The number of aromatic nitrogens is 1. The van der Waals surface area contributed by atoms with Crippen molar-refractivity contribution < 1.29 is 24.4 Å². The van der Waals surface area contributed by atoms with Gasteiger partial charge in [0.2, 0.25) is 0 Å². The van der Waals surface area contributed by atoms with Gasteiger partial charge in [-0.2, -0.15) is 0 Å². The Morgan fingerprint density at radius 1 is 1.28 bits per heavy atom. The monoisotopic (exact) mass is 346 g/mol. The molecule has 0 aliphatic rings. The number of nitrogens with zero attached hydrogens (tertiary/aromatic N) is 2. The maximum Gasteiger partial charge on any atom is 0.339 e. The lowest BCUT2D eigenvalue weighted by molar-refractivity contribution is -0.384. The third-order valence-corrected chi connectivity index (χ3v) is 3.79. The van der Waals surface area contributed by atoms with E-state index in [1.54, 1.807) is 36.6 Å². The van der Waals surface area contributed by atoms with E-state index >= 15 is 0 Å². The summed E-state index contributed by atoms with van der Waals surface area (Å²) in [7, 11) is 0. The van der Waals surface area contributed by atoms with Crippen LogP contribution in [0.1, 0.15) is 29.4 Å². The van der Waals surface area contributed by atoms with E-state index in [0.717, 1.165) is 0 Å². The molecular weight excluding hydrogens is 328 g/mol. The molecule has 1 N–H and O–H groups in total. The van der Waals surface area contributed by atoms with Gasteiger partial charge in [-0.05, 0) is 37.6 Å². The first-order valence-electron chi connectivity index (χ1n) is 7.69. The van der Waals surface area contributed by atoms with Gasteiger partial charge in [-0.1, -0.05) is 0 Å². The number of esters is 1. The molecule has 0 amide bonds. The number of hydrogen-bond donors (Lipinski definition) is 1. The number of carboxylic acids is 1. The zero-order valence-corrected chi connectivity index (χ0v) is 13.9. The number of nitro benzene ring substituents is 1. The van der Waals surface area contributed by atoms with E-state index in [9.17, 15) is 19.7 Å². The molecule has 1 heterocycles. The molecule has 2 aromatic rings. The normalized spacial score (nSPS) is 10.5. The van der Waals surface area contributed by atoms with Crippen molar-refractivity contribution in [3.63, 3.8) is 0 Å². The van der Waals surface area contributed by atoms with Crippen molar-refractivity contribution in [3.8, 4) is 11.3 Å². The van der Waals surface area contributed by atoms with Crippen LogP contribution in [0.25, 0.3) is 11.3 Å². The number of carboxylic acid groups (broad SMARTS) is 1. The minimum Gasteiger partial charge on any atom is -0.481 e. The largest absolute Gasteiger partial charge is 0.481 e. The Labute approximate surface area is 143 Å². The lowest BCUT2D eigenvalue weighted by atomic mass is 10.1. The predicted molar refractivity (Wildman–Crippen MR) is 89.5 cm³/mol. The fourth-order valence-corrected chi connectivity index (χ4v) is 2.55. The van der Waals surface area contributed by atoms with Crippen LogP contribution in [0.4, 0.5) is 5.69 Å². The summed E-state index contributed by atoms with van der Waals surface area (Å²) in [6, 6.07) is 7.49. The second-order valence-corrected chi connectivity index (χ2v) is 5.35. The summed E-state index contributed by atoms with van der Waals surface area (Å²) >= 11 is 0. The average molecular weight is 346 g/mol. The maximum atomic E-state index is 12.1. The molecule has 0 unspecified atom stereocenters. The number of ether oxygens (including phenoxy) is 1. The lowest BCUT2D eigenvalue weighted by Crippen LogP contribution is -2.10. The molecule has 0 bridgehead atoms. The highest BCUT2D eigenvalue weighted by atomic mass is 16.6. The van der Waals surface area contributed by atoms with Crippen LogP contribution in [-0.4, -0.2) is 33.1 Å². The molecule has 2 rings (SSSR count). The molecule has 1 aromatic carbocycles. The van der Waals surface area contributed by atoms with Crippen LogP contribution in [0.5, 0.6) is 0 Å². The summed E-state index contributed by atoms with van der Waals surface area (Å²) in [5, 5.41) is 19.7. The molecule has 0 atom stereocenters. The third kappa shape index (κ3) is 4.03. The van der Waals surface area contributed by atoms with Crippen LogP contribution >= 0.6 is 0 Å². The van der Waals surface area contributed by atoms with Gasteiger partial charge in [0, 0.05) is 30.1 Å². The van der Waals surface area contributed by atoms with Gasteiger partial charge in [-0.3, -0.25) is 14.9 Å². The van der Waals surface area contributed by atoms with Crippen molar-refractivity contribution in [2.75, 3.05) is 6.61 Å². The summed E-state index contributed by atoms with van der Waals surface area (Å²) in [5.41, 5.74) is 2.15. The van der Waals surface area contributed by atoms with Crippen LogP contribution < -0.4 is 0 Å². The minimum absolute atomic E-state index is 0.0465. The van der Waals surface area contributed by atoms with Crippen LogP contribution in [0.15, 0.2) is 30.3 Å². The lowest BCUT2D eigenvalue weighted by Gasteiger charge is -2.11. The van der Waals surface area contributed by atoms with Crippen molar-refractivity contribution in [2.45, 2.75) is 26.8 Å². The van der Waals surface area contributed by atoms with Gasteiger partial charge >= 0.3 is 11.9 Å². The SMILES string of the molecule is CCOC(=O)c1cc(-c2ccc([N+](=O)[O-])cc2)n(CCC(=O)O)c1C. The third-order valence-electron chi connectivity index (χ3n) is 3.79. The molecular formula is C17H18N2O6. The fraction of sp³-hybridized carbons (Fsp3) is 0.294. The number of non-ortho nitro benzene ring substituents is 1. The van der Waals surface area contributed by atoms with Gasteiger partial charge < -0.3 is 14.4 Å². The molecule has 0 fully saturated rings. The van der Waals surface area contributed by atoms with E-state index in [1.807, 2.05) is 0 Å². The zero-order chi connectivity index (χ0) is 18.6. The van der Waals surface area contributed by atoms with E-state index < -0.39 is 16.9 Å². The van der Waals surface area contributed by atoms with Crippen LogP contribution in [0.3, 0.4) is 0 Å². The highest BCUT2D eigenvalue weighted by Gasteiger charge is 2.20. The van der Waals surface area contributed by atoms with Crippen molar-refractivity contribution in [1.29, 1.82) is 0 Å². The minimum atomic E-state index is -0.958. The quantitative estimate of drug-likeness (QED) is 0.468. The van der Waals surface area contributed by atoms with E-state index in [2.05, 4.69) is 0 Å². The number of nitro groups is 1. The highest BCUT2D eigenvalue weighted by Crippen LogP contribution is 2.28. The number of rotatable bonds is 7. The molecule has 0 spiro atoms. The smallest absolute Gasteiger partial charge is 0.339 e. The molecule has 0 saturated carbocycles. The Bertz CT molecular complexity index is 807. The van der Waals surface area contributed by atoms with E-state index in [4.69, 9.17) is 9.84 Å². The second kappa shape index (κ2) is 7.61. The molecule has 0 radical (unpaired) electrons. The summed E-state index contributed by atoms with van der Waals surface area (Å²) < 4.78 is 6.74. The van der Waals surface area contributed by atoms with Gasteiger partial charge in [-0.25, -0.2) is 4.79 Å². The first-order chi connectivity index (χ1) is 11.8. The van der Waals surface area contributed by atoms with Crippen LogP contribution in [-0.2, 0) is 16.1 Å². The van der Waals surface area contributed by atoms with E-state index in [1.165, 1.54) is 12.1 Å². The molecule has 132 valence electrons. The summed E-state index contributed by atoms with van der Waals surface area (Å²) in [5.74, 6) is -1.45. The molecule has 0 aliphatic heterocycles. The van der Waals surface area contributed by atoms with Crippen molar-refractivity contribution in [2.24, 2.45) is 0 Å². The van der Waals surface area contributed by atoms with Gasteiger partial charge in [0.05, 0.1) is 23.5 Å². The Balaban J connectivity index is 2.49. The zero-order valence-electron chi connectivity index (χ0n) is 13.9. The number of benzene rings is 1. The molecule has 8 heteroatoms. The standard InChI is InChI=1S/C17H18N2O6/c1-3-25-17(22)14-10-15(18(11(14)2)9-8-16(20)21)12-4-6-13(7-5-12)19(23)24/h4-7,10H,3,8-9H2,1-2H3,(H,20,21). The fourth-order valence-electron chi connectivity index (χ4n) is 2.55. The Kier molecular flexibility index (Phi) is 5.53. The van der Waals surface area contributed by atoms with Crippen molar-refractivity contribution in [3.05, 3.63) is 51.7 Å². The van der Waals surface area contributed by atoms with Gasteiger partial charge in [0.15, 0.2) is 0 Å². The number of hydrogen-bond acceptors (Lipinski definition) is 5. The number of carbonyl (C=O) groups excluding carboxylic acids is 1. The number of carbonyl (C=O) groups is 2. The molecule has 1 aromatic heterocycles. The molecule has 25 heavy (non-hydrogen) atoms. The van der Waals surface area contributed by atoms with E-state index in [-0.39, 0.29) is 25.3 Å². The van der Waals surface area contributed by atoms with Crippen molar-refractivity contribution >= 4 is 17.6 Å². The Morgan fingerprint density at radius 3 is 2.44 bits per heavy atom. The maximum absolute atomic E-state index is 12.1. The topological polar surface area (TPSA) is 112 Å². The van der Waals surface area contributed by atoms with Crippen molar-refractivity contribution in [1.82, 2.24) is 4.57 Å². The molecule has 8 nitrogen and oxygen atoms in total. The Hall–Kier alpha value is -3.16. The average Bonchev–Trinajstić information content (AvgIpc) is 2.90.